The highest BCUT2D eigenvalue weighted by atomic mass is 31.2. The summed E-state index contributed by atoms with van der Waals surface area (Å²) in [6, 6.07) is 1.06. The van der Waals surface area contributed by atoms with E-state index in [9.17, 15) is 33.6 Å². The number of hydrogen-bond acceptors (Lipinski definition) is 10. The first-order valence-corrected chi connectivity index (χ1v) is 18.8. The van der Waals surface area contributed by atoms with Crippen molar-refractivity contribution in [3.05, 3.63) is 48.3 Å². The minimum Gasteiger partial charge on any atom is -0.394 e. The molecule has 1 fully saturated rings. The Morgan fingerprint density at radius 1 is 1.02 bits per heavy atom. The molecule has 5 atom stereocenters. The number of imidazole rings is 1. The predicted octanol–water partition coefficient (Wildman–Crippen LogP) is -0.429. The number of aliphatic hydroxyl groups is 1. The van der Waals surface area contributed by atoms with Gasteiger partial charge in [0.25, 0.3) is 0 Å². The highest BCUT2D eigenvalue weighted by Crippen LogP contribution is 2.37. The average molecular weight is 751 g/mol. The monoisotopic (exact) mass is 750 g/mol. The summed E-state index contributed by atoms with van der Waals surface area (Å²) in [5, 5.41) is 20.3. The predicted molar refractivity (Wildman–Crippen MR) is 187 cm³/mol. The van der Waals surface area contributed by atoms with Crippen molar-refractivity contribution in [2.75, 3.05) is 19.7 Å². The van der Waals surface area contributed by atoms with E-state index in [2.05, 4.69) is 35.8 Å². The van der Waals surface area contributed by atoms with Crippen LogP contribution in [0.1, 0.15) is 64.8 Å². The van der Waals surface area contributed by atoms with Gasteiger partial charge in [-0.2, -0.15) is 0 Å². The van der Waals surface area contributed by atoms with Gasteiger partial charge in [0, 0.05) is 56.8 Å². The Hall–Kier alpha value is -4.22. The average Bonchev–Trinajstić information content (AvgIpc) is 3.75. The van der Waals surface area contributed by atoms with E-state index in [0.717, 1.165) is 5.69 Å². The Morgan fingerprint density at radius 3 is 2.37 bits per heavy atom. The lowest BCUT2D eigenvalue weighted by molar-refractivity contribution is -0.138. The third-order valence-electron chi connectivity index (χ3n) is 8.40. The number of phosphoric ester groups is 1. The minimum absolute atomic E-state index is 0.0456. The van der Waals surface area contributed by atoms with Crippen molar-refractivity contribution in [3.63, 3.8) is 0 Å². The van der Waals surface area contributed by atoms with E-state index in [-0.39, 0.29) is 31.2 Å². The first kappa shape index (κ1) is 42.2. The molecule has 52 heavy (non-hydrogen) atoms. The van der Waals surface area contributed by atoms with Crippen LogP contribution in [0.2, 0.25) is 0 Å². The number of carbonyl (C=O) groups is 5. The van der Waals surface area contributed by atoms with E-state index < -0.39 is 68.3 Å². The summed E-state index contributed by atoms with van der Waals surface area (Å²) in [5.41, 5.74) is 1.49. The van der Waals surface area contributed by atoms with Gasteiger partial charge in [0.05, 0.1) is 19.0 Å². The lowest BCUT2D eigenvalue weighted by atomic mass is 10.0. The van der Waals surface area contributed by atoms with Crippen LogP contribution in [-0.4, -0.2) is 114 Å². The normalized spacial score (nSPS) is 16.8. The Balaban J connectivity index is 1.80. The number of nitrogens with one attached hydrogen (secondary N) is 4. The molecule has 7 N–H and O–H groups in total. The lowest BCUT2D eigenvalue weighted by Crippen LogP contribution is -2.59. The van der Waals surface area contributed by atoms with E-state index in [1.807, 2.05) is 36.6 Å². The maximum absolute atomic E-state index is 13.9. The second-order valence-electron chi connectivity index (χ2n) is 13.2. The number of nitrogens with zero attached hydrogens (tertiary/aromatic N) is 4. The molecule has 1 aliphatic heterocycles. The maximum Gasteiger partial charge on any atom is 0.469 e. The van der Waals surface area contributed by atoms with E-state index in [0.29, 0.717) is 44.5 Å². The molecule has 0 radical (unpaired) electrons. The van der Waals surface area contributed by atoms with Crippen molar-refractivity contribution in [3.8, 4) is 0 Å². The number of phosphoric acid groups is 1. The Morgan fingerprint density at radius 2 is 1.73 bits per heavy atom. The summed E-state index contributed by atoms with van der Waals surface area (Å²) in [7, 11) is -4.82. The largest absolute Gasteiger partial charge is 0.469 e. The van der Waals surface area contributed by atoms with Gasteiger partial charge in [-0.1, -0.05) is 19.9 Å². The lowest BCUT2D eigenvalue weighted by Gasteiger charge is -2.28. The summed E-state index contributed by atoms with van der Waals surface area (Å²) < 4.78 is 17.5. The van der Waals surface area contributed by atoms with Crippen LogP contribution in [0.5, 0.6) is 0 Å². The Kier molecular flexibility index (Phi) is 16.3. The van der Waals surface area contributed by atoms with Gasteiger partial charge < -0.3 is 45.6 Å². The van der Waals surface area contributed by atoms with Crippen LogP contribution in [-0.2, 0) is 52.4 Å². The van der Waals surface area contributed by atoms with Gasteiger partial charge in [0.15, 0.2) is 0 Å². The SMILES string of the molecule is CC(=O)N1CCCC1C(=O)NC(CC(C)C)C(=O)NC(Cc1cncn1CCCc1ccccn1)C(=O)NC(CO)C(=O)NCC(C)OP(=O)(O)O. The van der Waals surface area contributed by atoms with Gasteiger partial charge in [-0.25, -0.2) is 9.55 Å². The number of carbonyl (C=O) groups excluding carboxylic acids is 5. The van der Waals surface area contributed by atoms with Gasteiger partial charge in [0.2, 0.25) is 29.5 Å². The molecule has 19 heteroatoms. The molecule has 288 valence electrons. The zero-order valence-corrected chi connectivity index (χ0v) is 30.8. The van der Waals surface area contributed by atoms with Crippen molar-refractivity contribution in [1.29, 1.82) is 0 Å². The van der Waals surface area contributed by atoms with Gasteiger partial charge in [-0.15, -0.1) is 0 Å². The van der Waals surface area contributed by atoms with E-state index in [4.69, 9.17) is 9.79 Å². The summed E-state index contributed by atoms with van der Waals surface area (Å²) >= 11 is 0. The number of aromatic nitrogens is 3. The van der Waals surface area contributed by atoms with E-state index >= 15 is 0 Å². The number of aliphatic hydroxyl groups excluding tert-OH is 1. The van der Waals surface area contributed by atoms with Crippen LogP contribution in [0, 0.1) is 5.92 Å². The Labute approximate surface area is 302 Å². The first-order valence-electron chi connectivity index (χ1n) is 17.3. The summed E-state index contributed by atoms with van der Waals surface area (Å²) in [6.07, 6.45) is 6.39. The third kappa shape index (κ3) is 13.7. The fourth-order valence-corrected chi connectivity index (χ4v) is 6.42. The molecule has 0 spiro atoms. The van der Waals surface area contributed by atoms with Crippen molar-refractivity contribution >= 4 is 37.4 Å². The molecule has 5 unspecified atom stereocenters. The Bertz CT molecular complexity index is 1550. The molecule has 0 bridgehead atoms. The summed E-state index contributed by atoms with van der Waals surface area (Å²) in [4.78, 5) is 94.0. The number of pyridine rings is 1. The third-order valence-corrected chi connectivity index (χ3v) is 9.03. The molecule has 18 nitrogen and oxygen atoms in total. The van der Waals surface area contributed by atoms with Crippen LogP contribution in [0.3, 0.4) is 0 Å². The quantitative estimate of drug-likeness (QED) is 0.0852. The van der Waals surface area contributed by atoms with Crippen LogP contribution in [0.4, 0.5) is 0 Å². The van der Waals surface area contributed by atoms with Crippen LogP contribution < -0.4 is 21.3 Å². The molecular weight excluding hydrogens is 699 g/mol. The number of likely N-dealkylation sites (tertiary alicyclic amines) is 1. The zero-order chi connectivity index (χ0) is 38.4. The second kappa shape index (κ2) is 20.1. The standard InChI is InChI=1S/C33H51N8O10P/c1-21(2)15-26(38-33(47)29-11-8-14-41(29)23(4)43)31(45)37-27(16-25-18-34-20-40(25)13-7-10-24-9-5-6-12-35-24)32(46)39-28(19-42)30(44)36-17-22(3)51-52(48,49)50/h5-6,9,12,18,20-22,26-29,42H,7-8,10-11,13-17,19H2,1-4H3,(H,36,44)(H,37,45)(H,38,47)(H,39,46)(H2,48,49,50). The maximum atomic E-state index is 13.9. The molecule has 2 aromatic rings. The fraction of sp³-hybridized carbons (Fsp3) is 0.606. The highest BCUT2D eigenvalue weighted by Gasteiger charge is 2.36. The summed E-state index contributed by atoms with van der Waals surface area (Å²) in [5.74, 6) is -3.12. The molecule has 5 amide bonds. The van der Waals surface area contributed by atoms with Crippen molar-refractivity contribution in [2.45, 2.75) is 103 Å². The second-order valence-corrected chi connectivity index (χ2v) is 14.4. The van der Waals surface area contributed by atoms with E-state index in [1.54, 1.807) is 18.7 Å². The molecule has 1 saturated heterocycles. The minimum atomic E-state index is -4.82. The van der Waals surface area contributed by atoms with Crippen LogP contribution in [0.25, 0.3) is 0 Å². The van der Waals surface area contributed by atoms with Crippen molar-refractivity contribution in [2.24, 2.45) is 5.92 Å². The smallest absolute Gasteiger partial charge is 0.394 e. The molecule has 0 aromatic carbocycles. The number of hydrogen-bond donors (Lipinski definition) is 7. The molecule has 3 rings (SSSR count). The highest BCUT2D eigenvalue weighted by molar-refractivity contribution is 7.46. The fourth-order valence-electron chi connectivity index (χ4n) is 5.88. The van der Waals surface area contributed by atoms with Crippen molar-refractivity contribution in [1.82, 2.24) is 40.7 Å². The number of amides is 5. The summed E-state index contributed by atoms with van der Waals surface area (Å²) in [6.45, 7) is 6.21. The molecule has 3 heterocycles. The number of rotatable bonds is 20. The van der Waals surface area contributed by atoms with E-state index in [1.165, 1.54) is 18.7 Å². The van der Waals surface area contributed by atoms with Crippen molar-refractivity contribution < 1.29 is 48.0 Å². The molecule has 2 aromatic heterocycles. The number of aryl methyl sites for hydroxylation is 2. The van der Waals surface area contributed by atoms with Gasteiger partial charge in [0.1, 0.15) is 24.2 Å². The molecular formula is C33H51N8O10P. The first-order chi connectivity index (χ1) is 24.6. The van der Waals surface area contributed by atoms with Gasteiger partial charge in [-0.3, -0.25) is 33.5 Å². The zero-order valence-electron chi connectivity index (χ0n) is 29.9. The van der Waals surface area contributed by atoms with Crippen LogP contribution >= 0.6 is 7.82 Å². The molecule has 0 saturated carbocycles. The van der Waals surface area contributed by atoms with Crippen LogP contribution in [0.15, 0.2) is 36.9 Å². The van der Waals surface area contributed by atoms with Gasteiger partial charge >= 0.3 is 7.82 Å². The topological polar surface area (TPSA) is 254 Å². The molecule has 0 aliphatic carbocycles. The molecule has 1 aliphatic rings. The van der Waals surface area contributed by atoms with Gasteiger partial charge in [-0.05, 0) is 57.1 Å².